The molecule has 3 heteroatoms. The molecule has 24 heavy (non-hydrogen) atoms. The van der Waals surface area contributed by atoms with Gasteiger partial charge in [-0.2, -0.15) is 0 Å². The number of aryl methyl sites for hydroxylation is 3. The molecule has 1 aromatic carbocycles. The number of rotatable bonds is 6. The van der Waals surface area contributed by atoms with E-state index in [9.17, 15) is 0 Å². The molecule has 0 saturated heterocycles. The van der Waals surface area contributed by atoms with Gasteiger partial charge in [0.2, 0.25) is 0 Å². The Morgan fingerprint density at radius 1 is 1.04 bits per heavy atom. The number of benzene rings is 1. The fourth-order valence-corrected chi connectivity index (χ4v) is 4.00. The first-order valence-electron chi connectivity index (χ1n) is 9.79. The molecule has 0 spiro atoms. The normalized spacial score (nSPS) is 20.7. The largest absolute Gasteiger partial charge is 0.360 e. The van der Waals surface area contributed by atoms with Crippen molar-refractivity contribution < 1.29 is 0 Å². The Morgan fingerprint density at radius 3 is 2.12 bits per heavy atom. The molecule has 0 heterocycles. The van der Waals surface area contributed by atoms with E-state index in [4.69, 9.17) is 12.2 Å². The summed E-state index contributed by atoms with van der Waals surface area (Å²) in [6.07, 6.45) is 9.52. The van der Waals surface area contributed by atoms with Gasteiger partial charge >= 0.3 is 0 Å². The van der Waals surface area contributed by atoms with Crippen LogP contribution in [0.25, 0.3) is 0 Å². The van der Waals surface area contributed by atoms with Crippen LogP contribution in [0.5, 0.6) is 0 Å². The second-order valence-electron chi connectivity index (χ2n) is 7.30. The second-order valence-corrected chi connectivity index (χ2v) is 7.71. The lowest BCUT2D eigenvalue weighted by Gasteiger charge is -2.28. The fraction of sp³-hybridized carbons (Fsp3) is 0.667. The number of nitrogens with one attached hydrogen (secondary N) is 2. The number of thiocarbonyl (C=S) groups is 1. The molecular weight excluding hydrogens is 312 g/mol. The van der Waals surface area contributed by atoms with E-state index >= 15 is 0 Å². The highest BCUT2D eigenvalue weighted by molar-refractivity contribution is 7.80. The topological polar surface area (TPSA) is 24.1 Å². The van der Waals surface area contributed by atoms with Crippen molar-refractivity contribution in [3.05, 3.63) is 28.8 Å². The maximum Gasteiger partial charge on any atom is 0.171 e. The van der Waals surface area contributed by atoms with Crippen LogP contribution in [-0.2, 0) is 19.3 Å². The van der Waals surface area contributed by atoms with Crippen LogP contribution in [0.2, 0.25) is 0 Å². The van der Waals surface area contributed by atoms with E-state index < -0.39 is 0 Å². The summed E-state index contributed by atoms with van der Waals surface area (Å²) in [6.45, 7) is 9.06. The van der Waals surface area contributed by atoms with Crippen LogP contribution in [0.15, 0.2) is 12.1 Å². The van der Waals surface area contributed by atoms with Gasteiger partial charge in [-0.1, -0.05) is 46.2 Å². The van der Waals surface area contributed by atoms with Crippen molar-refractivity contribution >= 4 is 23.0 Å². The first kappa shape index (κ1) is 19.2. The van der Waals surface area contributed by atoms with Gasteiger partial charge in [0.15, 0.2) is 5.11 Å². The summed E-state index contributed by atoms with van der Waals surface area (Å²) in [5, 5.41) is 7.87. The molecule has 2 nitrogen and oxygen atoms in total. The summed E-state index contributed by atoms with van der Waals surface area (Å²) in [6, 6.07) is 5.25. The summed E-state index contributed by atoms with van der Waals surface area (Å²) in [5.74, 6) is 0.870. The van der Waals surface area contributed by atoms with Crippen molar-refractivity contribution in [3.8, 4) is 0 Å². The van der Waals surface area contributed by atoms with Crippen molar-refractivity contribution in [2.45, 2.75) is 85.1 Å². The van der Waals surface area contributed by atoms with E-state index in [1.165, 1.54) is 54.5 Å². The van der Waals surface area contributed by atoms with Crippen molar-refractivity contribution in [1.82, 2.24) is 5.32 Å². The Hall–Kier alpha value is -1.09. The van der Waals surface area contributed by atoms with Crippen molar-refractivity contribution in [3.63, 3.8) is 0 Å². The highest BCUT2D eigenvalue weighted by atomic mass is 32.1. The van der Waals surface area contributed by atoms with Gasteiger partial charge in [0.25, 0.3) is 0 Å². The average Bonchev–Trinajstić information content (AvgIpc) is 2.58. The van der Waals surface area contributed by atoms with Gasteiger partial charge in [0, 0.05) is 11.7 Å². The first-order valence-corrected chi connectivity index (χ1v) is 10.2. The van der Waals surface area contributed by atoms with Gasteiger partial charge in [0.1, 0.15) is 0 Å². The standard InChI is InChI=1S/C21H34N2S/c1-5-8-16-13-17(6-2)20(18(7-3)14-16)23-21(24)22-19-11-9-15(4)10-12-19/h13-15,19H,5-12H2,1-4H3,(H2,22,23,24). The summed E-state index contributed by atoms with van der Waals surface area (Å²) < 4.78 is 0. The zero-order chi connectivity index (χ0) is 17.5. The van der Waals surface area contributed by atoms with E-state index in [1.54, 1.807) is 0 Å². The second kappa shape index (κ2) is 9.41. The number of anilines is 1. The van der Waals surface area contributed by atoms with Crippen LogP contribution >= 0.6 is 12.2 Å². The molecule has 0 radical (unpaired) electrons. The Bertz CT molecular complexity index is 520. The minimum atomic E-state index is 0.538. The molecule has 2 N–H and O–H groups in total. The molecular formula is C21H34N2S. The molecule has 1 fully saturated rings. The molecule has 0 amide bonds. The van der Waals surface area contributed by atoms with Gasteiger partial charge in [-0.05, 0) is 79.8 Å². The maximum atomic E-state index is 5.62. The van der Waals surface area contributed by atoms with Crippen molar-refractivity contribution in [2.75, 3.05) is 5.32 Å². The highest BCUT2D eigenvalue weighted by Gasteiger charge is 2.19. The Morgan fingerprint density at radius 2 is 1.62 bits per heavy atom. The van der Waals surface area contributed by atoms with E-state index in [0.717, 1.165) is 30.3 Å². The molecule has 134 valence electrons. The molecule has 1 saturated carbocycles. The van der Waals surface area contributed by atoms with Gasteiger partial charge in [-0.15, -0.1) is 0 Å². The van der Waals surface area contributed by atoms with E-state index in [1.807, 2.05) is 0 Å². The minimum Gasteiger partial charge on any atom is -0.360 e. The van der Waals surface area contributed by atoms with Gasteiger partial charge in [-0.25, -0.2) is 0 Å². The van der Waals surface area contributed by atoms with E-state index in [0.29, 0.717) is 6.04 Å². The lowest BCUT2D eigenvalue weighted by Crippen LogP contribution is -2.40. The lowest BCUT2D eigenvalue weighted by molar-refractivity contribution is 0.332. The van der Waals surface area contributed by atoms with Gasteiger partial charge in [-0.3, -0.25) is 0 Å². The van der Waals surface area contributed by atoms with Crippen LogP contribution < -0.4 is 10.6 Å². The molecule has 0 unspecified atom stereocenters. The third-order valence-electron chi connectivity index (χ3n) is 5.25. The molecule has 1 aromatic rings. The van der Waals surface area contributed by atoms with E-state index in [2.05, 4.69) is 50.5 Å². The lowest BCUT2D eigenvalue weighted by atomic mass is 9.87. The van der Waals surface area contributed by atoms with Crippen molar-refractivity contribution in [2.24, 2.45) is 5.92 Å². The summed E-state index contributed by atoms with van der Waals surface area (Å²) in [5.41, 5.74) is 5.47. The molecule has 0 aromatic heterocycles. The minimum absolute atomic E-state index is 0.538. The zero-order valence-corrected chi connectivity index (χ0v) is 16.7. The molecule has 0 bridgehead atoms. The maximum absolute atomic E-state index is 5.62. The summed E-state index contributed by atoms with van der Waals surface area (Å²) in [7, 11) is 0. The van der Waals surface area contributed by atoms with Gasteiger partial charge in [0.05, 0.1) is 0 Å². The van der Waals surface area contributed by atoms with Crippen molar-refractivity contribution in [1.29, 1.82) is 0 Å². The summed E-state index contributed by atoms with van der Waals surface area (Å²) in [4.78, 5) is 0. The molecule has 1 aliphatic carbocycles. The Labute approximate surface area is 153 Å². The summed E-state index contributed by atoms with van der Waals surface area (Å²) >= 11 is 5.62. The third kappa shape index (κ3) is 5.20. The van der Waals surface area contributed by atoms with E-state index in [-0.39, 0.29) is 0 Å². The fourth-order valence-electron chi connectivity index (χ4n) is 3.73. The monoisotopic (exact) mass is 346 g/mol. The zero-order valence-electron chi connectivity index (χ0n) is 15.9. The van der Waals surface area contributed by atoms with Crippen LogP contribution in [0.4, 0.5) is 5.69 Å². The van der Waals surface area contributed by atoms with Crippen LogP contribution in [-0.4, -0.2) is 11.2 Å². The van der Waals surface area contributed by atoms with Crippen LogP contribution in [0.3, 0.4) is 0 Å². The predicted octanol–water partition coefficient (Wildman–Crippen LogP) is 5.63. The molecule has 1 aliphatic rings. The Kier molecular flexibility index (Phi) is 7.54. The van der Waals surface area contributed by atoms with Crippen LogP contribution in [0.1, 0.15) is 76.5 Å². The third-order valence-corrected chi connectivity index (χ3v) is 5.47. The smallest absolute Gasteiger partial charge is 0.171 e. The molecule has 0 atom stereocenters. The molecule has 2 rings (SSSR count). The quantitative estimate of drug-likeness (QED) is 0.653. The molecule has 0 aliphatic heterocycles. The average molecular weight is 347 g/mol. The van der Waals surface area contributed by atoms with Gasteiger partial charge < -0.3 is 10.6 Å². The number of hydrogen-bond acceptors (Lipinski definition) is 1. The van der Waals surface area contributed by atoms with Crippen LogP contribution in [0, 0.1) is 5.92 Å². The SMILES string of the molecule is CCCc1cc(CC)c(NC(=S)NC2CCC(C)CC2)c(CC)c1. The number of hydrogen-bond donors (Lipinski definition) is 2. The Balaban J connectivity index is 2.08. The first-order chi connectivity index (χ1) is 11.6. The predicted molar refractivity (Wildman–Crippen MR) is 110 cm³/mol. The highest BCUT2D eigenvalue weighted by Crippen LogP contribution is 2.27.